The minimum Gasteiger partial charge on any atom is -0.465 e. The molecule has 0 aliphatic carbocycles. The van der Waals surface area contributed by atoms with Crippen LogP contribution in [0.15, 0.2) is 98.1 Å². The normalized spacial score (nSPS) is 25.9. The van der Waals surface area contributed by atoms with Gasteiger partial charge in [-0.15, -0.1) is 24.9 Å². The van der Waals surface area contributed by atoms with Crippen LogP contribution in [0.1, 0.15) is 24.8 Å². The van der Waals surface area contributed by atoms with Gasteiger partial charge in [-0.25, -0.2) is 0 Å². The highest BCUT2D eigenvalue weighted by Gasteiger charge is 2.74. The molecular formula is C36H38N2O5S. The monoisotopic (exact) mass is 610 g/mol. The van der Waals surface area contributed by atoms with Crippen LogP contribution >= 0.6 is 11.8 Å². The van der Waals surface area contributed by atoms with Gasteiger partial charge < -0.3 is 19.6 Å². The summed E-state index contributed by atoms with van der Waals surface area (Å²) in [6.45, 7) is 7.78. The van der Waals surface area contributed by atoms with E-state index in [9.17, 15) is 19.5 Å². The third kappa shape index (κ3) is 5.14. The van der Waals surface area contributed by atoms with Crippen molar-refractivity contribution in [2.24, 2.45) is 11.8 Å². The van der Waals surface area contributed by atoms with Crippen molar-refractivity contribution in [3.63, 3.8) is 0 Å². The molecule has 6 rings (SSSR count). The van der Waals surface area contributed by atoms with Crippen LogP contribution in [0.25, 0.3) is 10.8 Å². The number of nitrogens with zero attached hydrogens (tertiary/aromatic N) is 2. The summed E-state index contributed by atoms with van der Waals surface area (Å²) >= 11 is 1.60. The molecule has 3 saturated heterocycles. The Kier molecular flexibility index (Phi) is 8.65. The van der Waals surface area contributed by atoms with Gasteiger partial charge in [0.25, 0.3) is 5.91 Å². The first-order valence-corrected chi connectivity index (χ1v) is 16.1. The Bertz CT molecular complexity index is 1580. The summed E-state index contributed by atoms with van der Waals surface area (Å²) in [7, 11) is 0. The third-order valence-electron chi connectivity index (χ3n) is 9.35. The summed E-state index contributed by atoms with van der Waals surface area (Å²) in [4.78, 5) is 46.4. The number of rotatable bonds is 12. The van der Waals surface area contributed by atoms with E-state index >= 15 is 0 Å². The van der Waals surface area contributed by atoms with Gasteiger partial charge in [-0.05, 0) is 54.2 Å². The Labute approximate surface area is 262 Å². The number of esters is 1. The fourth-order valence-corrected chi connectivity index (χ4v) is 9.64. The van der Waals surface area contributed by atoms with Crippen LogP contribution in [-0.4, -0.2) is 69.6 Å². The Morgan fingerprint density at radius 3 is 2.55 bits per heavy atom. The lowest BCUT2D eigenvalue weighted by Gasteiger charge is -2.39. The number of likely N-dealkylation sites (tertiary alicyclic amines) is 1. The molecule has 2 unspecified atom stereocenters. The number of thioether (sulfide) groups is 1. The van der Waals surface area contributed by atoms with Crippen molar-refractivity contribution in [3.05, 3.63) is 104 Å². The molecule has 0 saturated carbocycles. The van der Waals surface area contributed by atoms with Crippen molar-refractivity contribution in [2.75, 3.05) is 24.7 Å². The molecule has 3 fully saturated rings. The van der Waals surface area contributed by atoms with Crippen LogP contribution in [0.3, 0.4) is 0 Å². The van der Waals surface area contributed by atoms with Crippen LogP contribution in [-0.2, 0) is 25.5 Å². The first-order valence-electron chi connectivity index (χ1n) is 15.3. The van der Waals surface area contributed by atoms with Gasteiger partial charge in [0.1, 0.15) is 6.04 Å². The zero-order valence-corrected chi connectivity index (χ0v) is 25.5. The van der Waals surface area contributed by atoms with Crippen LogP contribution in [0.5, 0.6) is 0 Å². The number of aliphatic hydroxyl groups excluding tert-OH is 1. The molecule has 8 heteroatoms. The maximum absolute atomic E-state index is 15.0. The van der Waals surface area contributed by atoms with Gasteiger partial charge in [0.2, 0.25) is 5.91 Å². The number of aliphatic hydroxyl groups is 1. The molecule has 0 radical (unpaired) electrons. The Morgan fingerprint density at radius 2 is 1.82 bits per heavy atom. The molecule has 3 aromatic rings. The topological polar surface area (TPSA) is 87.1 Å². The van der Waals surface area contributed by atoms with Crippen LogP contribution in [0.2, 0.25) is 0 Å². The average molecular weight is 611 g/mol. The Morgan fingerprint density at radius 1 is 1.07 bits per heavy atom. The number of fused-ring (bicyclic) bond motifs is 2. The van der Waals surface area contributed by atoms with Crippen LogP contribution in [0, 0.1) is 11.8 Å². The largest absolute Gasteiger partial charge is 0.465 e. The van der Waals surface area contributed by atoms with E-state index in [1.165, 1.54) is 0 Å². The quantitative estimate of drug-likeness (QED) is 0.173. The number of hydrogen-bond acceptors (Lipinski definition) is 6. The van der Waals surface area contributed by atoms with E-state index in [1.54, 1.807) is 33.7 Å². The van der Waals surface area contributed by atoms with Gasteiger partial charge in [0, 0.05) is 17.5 Å². The average Bonchev–Trinajstić information content (AvgIpc) is 3.70. The number of ether oxygens (including phenoxy) is 1. The lowest BCUT2D eigenvalue weighted by molar-refractivity contribution is -0.154. The van der Waals surface area contributed by atoms with Crippen molar-refractivity contribution >= 4 is 46.0 Å². The first kappa shape index (κ1) is 30.2. The van der Waals surface area contributed by atoms with Gasteiger partial charge >= 0.3 is 5.97 Å². The van der Waals surface area contributed by atoms with Crippen LogP contribution < -0.4 is 4.90 Å². The minimum atomic E-state index is -0.867. The Hall–Kier alpha value is -3.88. The number of anilines is 1. The van der Waals surface area contributed by atoms with E-state index in [0.29, 0.717) is 31.4 Å². The fraction of sp³-hybridized carbons (Fsp3) is 0.361. The summed E-state index contributed by atoms with van der Waals surface area (Å²) in [5.41, 5.74) is 1.66. The summed E-state index contributed by atoms with van der Waals surface area (Å²) in [6.07, 6.45) is 5.64. The zero-order chi connectivity index (χ0) is 30.8. The van der Waals surface area contributed by atoms with Gasteiger partial charge in [-0.2, -0.15) is 0 Å². The maximum atomic E-state index is 15.0. The minimum absolute atomic E-state index is 0.104. The SMILES string of the molecule is C=CCCOC(=O)[C@@H]1[C@H]2C(=O)N([C@@H](CO)Cc3ccccc3)C(C(=O)N(CC=C)c3ccc4ccccc4c3)C23CC[C@H]1S3. The summed E-state index contributed by atoms with van der Waals surface area (Å²) in [5.74, 6) is -2.22. The molecule has 44 heavy (non-hydrogen) atoms. The number of carbonyl (C=O) groups is 3. The number of carbonyl (C=O) groups excluding carboxylic acids is 3. The highest BCUT2D eigenvalue weighted by Crippen LogP contribution is 2.67. The molecule has 3 aromatic carbocycles. The lowest BCUT2D eigenvalue weighted by atomic mass is 9.71. The predicted octanol–water partition coefficient (Wildman–Crippen LogP) is 5.17. The predicted molar refractivity (Wildman–Crippen MR) is 174 cm³/mol. The van der Waals surface area contributed by atoms with E-state index < -0.39 is 34.6 Å². The molecule has 1 N–H and O–H groups in total. The molecule has 3 heterocycles. The zero-order valence-electron chi connectivity index (χ0n) is 24.7. The van der Waals surface area contributed by atoms with Crippen molar-refractivity contribution in [3.8, 4) is 0 Å². The van der Waals surface area contributed by atoms with E-state index in [2.05, 4.69) is 13.2 Å². The summed E-state index contributed by atoms with van der Waals surface area (Å²) in [5, 5.41) is 12.7. The molecule has 1 spiro atoms. The van der Waals surface area contributed by atoms with Gasteiger partial charge in [-0.1, -0.05) is 72.8 Å². The van der Waals surface area contributed by atoms with Crippen molar-refractivity contribution in [2.45, 2.75) is 47.8 Å². The molecule has 3 aliphatic heterocycles. The molecular weight excluding hydrogens is 572 g/mol. The first-order chi connectivity index (χ1) is 21.4. The van der Waals surface area contributed by atoms with Gasteiger partial charge in [-0.3, -0.25) is 14.4 Å². The second-order valence-corrected chi connectivity index (χ2v) is 13.4. The van der Waals surface area contributed by atoms with Crippen molar-refractivity contribution in [1.82, 2.24) is 4.90 Å². The number of benzene rings is 3. The Balaban J connectivity index is 1.43. The van der Waals surface area contributed by atoms with Crippen molar-refractivity contribution in [1.29, 1.82) is 0 Å². The molecule has 3 aliphatic rings. The van der Waals surface area contributed by atoms with E-state index in [-0.39, 0.29) is 36.8 Å². The van der Waals surface area contributed by atoms with Gasteiger partial charge in [0.15, 0.2) is 0 Å². The highest BCUT2D eigenvalue weighted by atomic mass is 32.2. The van der Waals surface area contributed by atoms with Crippen molar-refractivity contribution < 1.29 is 24.2 Å². The van der Waals surface area contributed by atoms with Crippen LogP contribution in [0.4, 0.5) is 5.69 Å². The second kappa shape index (κ2) is 12.6. The molecule has 2 bridgehead atoms. The smallest absolute Gasteiger partial charge is 0.310 e. The van der Waals surface area contributed by atoms with E-state index in [1.807, 2.05) is 72.8 Å². The third-order valence-corrected chi connectivity index (χ3v) is 11.3. The molecule has 0 aromatic heterocycles. The molecule has 228 valence electrons. The highest BCUT2D eigenvalue weighted by molar-refractivity contribution is 8.02. The second-order valence-electron chi connectivity index (χ2n) is 11.8. The molecule has 2 amide bonds. The van der Waals surface area contributed by atoms with E-state index in [4.69, 9.17) is 4.74 Å². The molecule has 7 nitrogen and oxygen atoms in total. The maximum Gasteiger partial charge on any atom is 0.310 e. The number of amides is 2. The summed E-state index contributed by atoms with van der Waals surface area (Å²) < 4.78 is 4.83. The van der Waals surface area contributed by atoms with Gasteiger partial charge in [0.05, 0.1) is 35.8 Å². The summed E-state index contributed by atoms with van der Waals surface area (Å²) in [6, 6.07) is 22.0. The van der Waals surface area contributed by atoms with E-state index in [0.717, 1.165) is 16.3 Å². The standard InChI is InChI=1S/C36H38N2O5S/c1-3-5-20-43-35(42)30-29-17-18-36(44-29)31(30)33(40)38(28(23-39)21-24-11-7-6-8-12-24)32(36)34(41)37(19-4-2)27-16-15-25-13-9-10-14-26(25)22-27/h3-4,6-16,22,28-32,39H,1-2,5,17-21,23H2/t28-,29-,30+,31+,32?,36?/m1/s1. The lowest BCUT2D eigenvalue weighted by Crippen LogP contribution is -2.58. The fourth-order valence-electron chi connectivity index (χ4n) is 7.45. The molecule has 6 atom stereocenters. The number of hydrogen-bond donors (Lipinski definition) is 1.